The van der Waals surface area contributed by atoms with Gasteiger partial charge in [0.2, 0.25) is 0 Å². The van der Waals surface area contributed by atoms with E-state index < -0.39 is 0 Å². The number of unbranched alkanes of at least 4 members (excludes halogenated alkanes) is 12. The number of hydrogen-bond donors (Lipinski definition) is 0. The number of ether oxygens (including phenoxy) is 7. The minimum atomic E-state index is -0.0154. The molecule has 0 fully saturated rings. The fourth-order valence-corrected chi connectivity index (χ4v) is 4.73. The third-order valence-corrected chi connectivity index (χ3v) is 7.02. The smallest absolute Gasteiger partial charge is 0.157 e. The van der Waals surface area contributed by atoms with E-state index >= 15 is 0 Å². The molecule has 0 aromatic heterocycles. The zero-order valence-corrected chi connectivity index (χ0v) is 28.7. The SMILES string of the molecule is CCOC(CCCCCCCC=CCCCOCOCOCCCC=CCCCCCCCC(OCC)OCC)OCC. The van der Waals surface area contributed by atoms with Gasteiger partial charge in [0.05, 0.1) is 0 Å². The van der Waals surface area contributed by atoms with Gasteiger partial charge in [-0.15, -0.1) is 0 Å². The first-order valence-electron chi connectivity index (χ1n) is 17.8. The first-order valence-corrected chi connectivity index (χ1v) is 17.8. The Kier molecular flexibility index (Phi) is 36.7. The van der Waals surface area contributed by atoms with Crippen molar-refractivity contribution < 1.29 is 33.2 Å². The topological polar surface area (TPSA) is 64.6 Å². The van der Waals surface area contributed by atoms with E-state index in [4.69, 9.17) is 33.2 Å². The average Bonchev–Trinajstić information content (AvgIpc) is 3.00. The van der Waals surface area contributed by atoms with Crippen LogP contribution in [0, 0.1) is 0 Å². The lowest BCUT2D eigenvalue weighted by Crippen LogP contribution is -2.17. The van der Waals surface area contributed by atoms with E-state index in [-0.39, 0.29) is 12.6 Å². The van der Waals surface area contributed by atoms with Crippen LogP contribution >= 0.6 is 0 Å². The van der Waals surface area contributed by atoms with E-state index in [2.05, 4.69) is 24.3 Å². The summed E-state index contributed by atoms with van der Waals surface area (Å²) in [6, 6.07) is 0. The molecule has 0 aliphatic carbocycles. The first kappa shape index (κ1) is 42.2. The van der Waals surface area contributed by atoms with Crippen molar-refractivity contribution in [3.05, 3.63) is 24.3 Å². The summed E-state index contributed by atoms with van der Waals surface area (Å²) >= 11 is 0. The molecule has 0 aliphatic heterocycles. The Hall–Kier alpha value is -0.800. The van der Waals surface area contributed by atoms with Gasteiger partial charge in [0.1, 0.15) is 13.6 Å². The van der Waals surface area contributed by atoms with Crippen LogP contribution in [0.25, 0.3) is 0 Å². The summed E-state index contributed by atoms with van der Waals surface area (Å²) in [6.45, 7) is 13.0. The Morgan fingerprint density at radius 1 is 0.372 bits per heavy atom. The van der Waals surface area contributed by atoms with Gasteiger partial charge in [-0.2, -0.15) is 0 Å². The van der Waals surface area contributed by atoms with Gasteiger partial charge in [-0.1, -0.05) is 62.8 Å². The summed E-state index contributed by atoms with van der Waals surface area (Å²) < 4.78 is 38.8. The molecule has 0 spiro atoms. The predicted octanol–water partition coefficient (Wildman–Crippen LogP) is 9.88. The lowest BCUT2D eigenvalue weighted by atomic mass is 10.1. The maximum Gasteiger partial charge on any atom is 0.157 e. The van der Waals surface area contributed by atoms with Gasteiger partial charge in [-0.05, 0) is 105 Å². The third-order valence-electron chi connectivity index (χ3n) is 7.02. The second-order valence-electron chi connectivity index (χ2n) is 10.9. The minimum Gasteiger partial charge on any atom is -0.355 e. The average molecular weight is 615 g/mol. The van der Waals surface area contributed by atoms with Gasteiger partial charge in [-0.25, -0.2) is 0 Å². The molecule has 0 atom stereocenters. The van der Waals surface area contributed by atoms with Gasteiger partial charge >= 0.3 is 0 Å². The lowest BCUT2D eigenvalue weighted by Gasteiger charge is -2.16. The van der Waals surface area contributed by atoms with Crippen LogP contribution in [0.3, 0.4) is 0 Å². The van der Waals surface area contributed by atoms with Crippen LogP contribution in [0.4, 0.5) is 0 Å². The van der Waals surface area contributed by atoms with Gasteiger partial charge in [-0.3, -0.25) is 0 Å². The van der Waals surface area contributed by atoms with Crippen molar-refractivity contribution >= 4 is 0 Å². The van der Waals surface area contributed by atoms with E-state index in [0.29, 0.717) is 13.6 Å². The number of allylic oxidation sites excluding steroid dienone is 4. The zero-order chi connectivity index (χ0) is 31.3. The van der Waals surface area contributed by atoms with Gasteiger partial charge in [0, 0.05) is 39.6 Å². The molecule has 0 aromatic carbocycles. The Balaban J connectivity index is 3.27. The maximum atomic E-state index is 5.60. The van der Waals surface area contributed by atoms with Crippen molar-refractivity contribution in [2.75, 3.05) is 53.2 Å². The fraction of sp³-hybridized carbons (Fsp3) is 0.889. The van der Waals surface area contributed by atoms with Crippen molar-refractivity contribution in [1.82, 2.24) is 0 Å². The molecule has 0 amide bonds. The molecule has 0 aromatic rings. The van der Waals surface area contributed by atoms with Crippen molar-refractivity contribution in [2.24, 2.45) is 0 Å². The third kappa shape index (κ3) is 33.9. The van der Waals surface area contributed by atoms with Crippen molar-refractivity contribution in [3.8, 4) is 0 Å². The highest BCUT2D eigenvalue weighted by Gasteiger charge is 2.07. The second kappa shape index (κ2) is 37.4. The number of hydrogen-bond acceptors (Lipinski definition) is 7. The lowest BCUT2D eigenvalue weighted by molar-refractivity contribution is -0.140. The molecule has 0 saturated heterocycles. The van der Waals surface area contributed by atoms with Gasteiger partial charge < -0.3 is 33.2 Å². The van der Waals surface area contributed by atoms with Crippen LogP contribution in [-0.4, -0.2) is 65.8 Å². The molecule has 0 aliphatic rings. The van der Waals surface area contributed by atoms with Crippen molar-refractivity contribution in [3.63, 3.8) is 0 Å². The molecular formula is C36H70O7. The zero-order valence-electron chi connectivity index (χ0n) is 28.7. The molecule has 7 heteroatoms. The molecule has 0 saturated carbocycles. The normalized spacial score (nSPS) is 12.2. The van der Waals surface area contributed by atoms with Crippen LogP contribution < -0.4 is 0 Å². The monoisotopic (exact) mass is 615 g/mol. The highest BCUT2D eigenvalue weighted by atomic mass is 16.7. The summed E-state index contributed by atoms with van der Waals surface area (Å²) in [4.78, 5) is 0. The van der Waals surface area contributed by atoms with Gasteiger partial charge in [0.15, 0.2) is 12.6 Å². The summed E-state index contributed by atoms with van der Waals surface area (Å²) in [5.74, 6) is 0. The maximum absolute atomic E-state index is 5.60. The molecule has 0 bridgehead atoms. The Labute approximate surface area is 266 Å². The Bertz CT molecular complexity index is 510. The summed E-state index contributed by atoms with van der Waals surface area (Å²) in [6.07, 6.45) is 30.3. The summed E-state index contributed by atoms with van der Waals surface area (Å²) in [5.41, 5.74) is 0. The quantitative estimate of drug-likeness (QED) is 0.0395. The Morgan fingerprint density at radius 2 is 0.698 bits per heavy atom. The van der Waals surface area contributed by atoms with E-state index in [1.807, 2.05) is 27.7 Å². The van der Waals surface area contributed by atoms with Crippen LogP contribution in [0.5, 0.6) is 0 Å². The first-order chi connectivity index (χ1) is 21.3. The fourth-order valence-electron chi connectivity index (χ4n) is 4.73. The summed E-state index contributed by atoms with van der Waals surface area (Å²) in [5, 5.41) is 0. The minimum absolute atomic E-state index is 0.0154. The van der Waals surface area contributed by atoms with E-state index in [1.54, 1.807) is 0 Å². The van der Waals surface area contributed by atoms with Crippen molar-refractivity contribution in [1.29, 1.82) is 0 Å². The molecule has 256 valence electrons. The molecule has 0 radical (unpaired) electrons. The van der Waals surface area contributed by atoms with E-state index in [9.17, 15) is 0 Å². The molecule has 43 heavy (non-hydrogen) atoms. The van der Waals surface area contributed by atoms with Crippen LogP contribution in [0.15, 0.2) is 24.3 Å². The van der Waals surface area contributed by atoms with Gasteiger partial charge in [0.25, 0.3) is 0 Å². The largest absolute Gasteiger partial charge is 0.355 e. The predicted molar refractivity (Wildman–Crippen MR) is 178 cm³/mol. The second-order valence-corrected chi connectivity index (χ2v) is 10.9. The molecule has 0 rings (SSSR count). The molecule has 0 unspecified atom stereocenters. The van der Waals surface area contributed by atoms with Crippen LogP contribution in [0.2, 0.25) is 0 Å². The standard InChI is InChI=1S/C36H70O7/c1-5-40-35(41-6-2)29-25-21-17-13-9-11-15-19-23-27-31-37-33-39-34-38-32-28-24-20-16-12-10-14-18-22-26-30-36(42-7-3)43-8-4/h15-16,19-20,35-36H,5-14,17-18,21-34H2,1-4H3. The molecule has 0 N–H and O–H groups in total. The van der Waals surface area contributed by atoms with Crippen LogP contribution in [0.1, 0.15) is 143 Å². The van der Waals surface area contributed by atoms with Crippen LogP contribution in [-0.2, 0) is 33.2 Å². The van der Waals surface area contributed by atoms with E-state index in [0.717, 1.165) is 78.2 Å². The van der Waals surface area contributed by atoms with E-state index in [1.165, 1.54) is 77.0 Å². The van der Waals surface area contributed by atoms with Crippen molar-refractivity contribution in [2.45, 2.75) is 156 Å². The highest BCUT2D eigenvalue weighted by Crippen LogP contribution is 2.13. The Morgan fingerprint density at radius 3 is 1.07 bits per heavy atom. The molecule has 7 nitrogen and oxygen atoms in total. The number of rotatable bonds is 36. The highest BCUT2D eigenvalue weighted by molar-refractivity contribution is 4.81. The summed E-state index contributed by atoms with van der Waals surface area (Å²) in [7, 11) is 0. The molecule has 0 heterocycles. The molecular weight excluding hydrogens is 544 g/mol.